The minimum Gasteiger partial charge on any atom is -0.324 e. The maximum atomic E-state index is 6.23. The highest BCUT2D eigenvalue weighted by Crippen LogP contribution is 2.36. The number of rotatable bonds is 5. The van der Waals surface area contributed by atoms with E-state index in [2.05, 4.69) is 26.9 Å². The monoisotopic (exact) mass is 256 g/mol. The molecule has 1 fully saturated rings. The Morgan fingerprint density at radius 2 is 2.00 bits per heavy atom. The molecular formula is C15H20N4. The Morgan fingerprint density at radius 1 is 1.26 bits per heavy atom. The molecule has 2 aromatic rings. The van der Waals surface area contributed by atoms with Crippen LogP contribution in [0.2, 0.25) is 0 Å². The lowest BCUT2D eigenvalue weighted by molar-refractivity contribution is 0.593. The van der Waals surface area contributed by atoms with Crippen LogP contribution in [0.15, 0.2) is 30.3 Å². The molecule has 100 valence electrons. The van der Waals surface area contributed by atoms with E-state index in [0.717, 1.165) is 24.5 Å². The summed E-state index contributed by atoms with van der Waals surface area (Å²) in [5, 5.41) is 8.50. The third-order valence-electron chi connectivity index (χ3n) is 3.76. The first-order valence-electron chi connectivity index (χ1n) is 6.96. The van der Waals surface area contributed by atoms with Crippen molar-refractivity contribution < 1.29 is 0 Å². The van der Waals surface area contributed by atoms with Crippen LogP contribution in [0.5, 0.6) is 0 Å². The Bertz CT molecular complexity index is 543. The second-order valence-electron chi connectivity index (χ2n) is 5.32. The van der Waals surface area contributed by atoms with Gasteiger partial charge < -0.3 is 10.3 Å². The lowest BCUT2D eigenvalue weighted by atomic mass is 10.0. The third-order valence-corrected chi connectivity index (χ3v) is 3.76. The molecule has 0 radical (unpaired) electrons. The SMILES string of the molecule is Cc1nnc(CCC(N)c2ccccc2)n1C1CC1. The van der Waals surface area contributed by atoms with Crippen molar-refractivity contribution in [2.45, 2.75) is 44.7 Å². The summed E-state index contributed by atoms with van der Waals surface area (Å²) in [4.78, 5) is 0. The van der Waals surface area contributed by atoms with Crippen LogP contribution in [-0.2, 0) is 6.42 Å². The van der Waals surface area contributed by atoms with E-state index in [-0.39, 0.29) is 6.04 Å². The smallest absolute Gasteiger partial charge is 0.133 e. The Hall–Kier alpha value is -1.68. The van der Waals surface area contributed by atoms with Crippen molar-refractivity contribution in [2.24, 2.45) is 5.73 Å². The number of nitrogens with two attached hydrogens (primary N) is 1. The van der Waals surface area contributed by atoms with Gasteiger partial charge in [0.1, 0.15) is 11.6 Å². The van der Waals surface area contributed by atoms with Crippen molar-refractivity contribution in [1.29, 1.82) is 0 Å². The first-order chi connectivity index (χ1) is 9.25. The van der Waals surface area contributed by atoms with Gasteiger partial charge >= 0.3 is 0 Å². The maximum absolute atomic E-state index is 6.23. The molecule has 2 N–H and O–H groups in total. The van der Waals surface area contributed by atoms with Crippen LogP contribution in [0, 0.1) is 6.92 Å². The quantitative estimate of drug-likeness (QED) is 0.894. The fourth-order valence-corrected chi connectivity index (χ4v) is 2.54. The Kier molecular flexibility index (Phi) is 3.34. The summed E-state index contributed by atoms with van der Waals surface area (Å²) in [5.41, 5.74) is 7.43. The predicted octanol–water partition coefficient (Wildman–Crippen LogP) is 2.55. The van der Waals surface area contributed by atoms with Gasteiger partial charge in [0.2, 0.25) is 0 Å². The van der Waals surface area contributed by atoms with Gasteiger partial charge in [0.05, 0.1) is 0 Å². The zero-order chi connectivity index (χ0) is 13.2. The summed E-state index contributed by atoms with van der Waals surface area (Å²) in [6.07, 6.45) is 4.33. The molecule has 19 heavy (non-hydrogen) atoms. The van der Waals surface area contributed by atoms with Gasteiger partial charge in [0.15, 0.2) is 0 Å². The molecule has 1 heterocycles. The molecule has 3 rings (SSSR count). The molecule has 4 nitrogen and oxygen atoms in total. The van der Waals surface area contributed by atoms with Crippen molar-refractivity contribution >= 4 is 0 Å². The van der Waals surface area contributed by atoms with Gasteiger partial charge in [0.25, 0.3) is 0 Å². The second-order valence-corrected chi connectivity index (χ2v) is 5.32. The Labute approximate surface area is 113 Å². The summed E-state index contributed by atoms with van der Waals surface area (Å²) in [5.74, 6) is 2.12. The highest BCUT2D eigenvalue weighted by atomic mass is 15.3. The molecule has 1 aromatic heterocycles. The van der Waals surface area contributed by atoms with Crippen LogP contribution in [0.3, 0.4) is 0 Å². The lowest BCUT2D eigenvalue weighted by Gasteiger charge is -2.12. The highest BCUT2D eigenvalue weighted by molar-refractivity contribution is 5.18. The van der Waals surface area contributed by atoms with Gasteiger partial charge in [-0.3, -0.25) is 0 Å². The number of hydrogen-bond acceptors (Lipinski definition) is 3. The number of benzene rings is 1. The normalized spacial score (nSPS) is 16.5. The van der Waals surface area contributed by atoms with Crippen LogP contribution < -0.4 is 5.73 Å². The van der Waals surface area contributed by atoms with Crippen LogP contribution in [0.25, 0.3) is 0 Å². The fourth-order valence-electron chi connectivity index (χ4n) is 2.54. The summed E-state index contributed by atoms with van der Waals surface area (Å²) in [7, 11) is 0. The van der Waals surface area contributed by atoms with Gasteiger partial charge in [-0.1, -0.05) is 30.3 Å². The van der Waals surface area contributed by atoms with Crippen molar-refractivity contribution in [1.82, 2.24) is 14.8 Å². The number of hydrogen-bond donors (Lipinski definition) is 1. The summed E-state index contributed by atoms with van der Waals surface area (Å²) >= 11 is 0. The summed E-state index contributed by atoms with van der Waals surface area (Å²) in [6.45, 7) is 2.03. The molecule has 0 bridgehead atoms. The standard InChI is InChI=1S/C15H20N4/c1-11-17-18-15(19(11)13-7-8-13)10-9-14(16)12-5-3-2-4-6-12/h2-6,13-14H,7-10,16H2,1H3. The fraction of sp³-hybridized carbons (Fsp3) is 0.467. The first-order valence-corrected chi connectivity index (χ1v) is 6.96. The minimum atomic E-state index is 0.0749. The van der Waals surface area contributed by atoms with E-state index in [1.807, 2.05) is 25.1 Å². The molecule has 0 amide bonds. The average Bonchev–Trinajstić information content (AvgIpc) is 3.21. The van der Waals surface area contributed by atoms with Gasteiger partial charge in [-0.15, -0.1) is 10.2 Å². The molecule has 1 aromatic carbocycles. The van der Waals surface area contributed by atoms with Crippen LogP contribution >= 0.6 is 0 Å². The van der Waals surface area contributed by atoms with Crippen molar-refractivity contribution in [3.05, 3.63) is 47.5 Å². The number of nitrogens with zero attached hydrogens (tertiary/aromatic N) is 3. The molecular weight excluding hydrogens is 236 g/mol. The van der Waals surface area contributed by atoms with E-state index in [1.165, 1.54) is 18.4 Å². The van der Waals surface area contributed by atoms with E-state index in [4.69, 9.17) is 5.73 Å². The molecule has 1 unspecified atom stereocenters. The van der Waals surface area contributed by atoms with Crippen molar-refractivity contribution in [3.8, 4) is 0 Å². The van der Waals surface area contributed by atoms with Gasteiger partial charge in [-0.2, -0.15) is 0 Å². The molecule has 1 saturated carbocycles. The van der Waals surface area contributed by atoms with Crippen molar-refractivity contribution in [3.63, 3.8) is 0 Å². The van der Waals surface area contributed by atoms with E-state index in [9.17, 15) is 0 Å². The van der Waals surface area contributed by atoms with Crippen molar-refractivity contribution in [2.75, 3.05) is 0 Å². The Balaban J connectivity index is 1.66. The summed E-state index contributed by atoms with van der Waals surface area (Å²) < 4.78 is 2.29. The molecule has 1 aliphatic carbocycles. The zero-order valence-electron chi connectivity index (χ0n) is 11.3. The van der Waals surface area contributed by atoms with Gasteiger partial charge in [0, 0.05) is 18.5 Å². The number of aromatic nitrogens is 3. The second kappa shape index (κ2) is 5.13. The molecule has 0 spiro atoms. The largest absolute Gasteiger partial charge is 0.324 e. The molecule has 1 atom stereocenters. The van der Waals surface area contributed by atoms with Gasteiger partial charge in [-0.25, -0.2) is 0 Å². The third kappa shape index (κ3) is 2.68. The van der Waals surface area contributed by atoms with E-state index < -0.39 is 0 Å². The lowest BCUT2D eigenvalue weighted by Crippen LogP contribution is -2.13. The topological polar surface area (TPSA) is 56.7 Å². The predicted molar refractivity (Wildman–Crippen MR) is 74.7 cm³/mol. The van der Waals surface area contributed by atoms with E-state index in [0.29, 0.717) is 6.04 Å². The van der Waals surface area contributed by atoms with Crippen LogP contribution in [0.4, 0.5) is 0 Å². The van der Waals surface area contributed by atoms with E-state index >= 15 is 0 Å². The van der Waals surface area contributed by atoms with Crippen LogP contribution in [0.1, 0.15) is 48.6 Å². The zero-order valence-corrected chi connectivity index (χ0v) is 11.3. The Morgan fingerprint density at radius 3 is 2.68 bits per heavy atom. The highest BCUT2D eigenvalue weighted by Gasteiger charge is 2.28. The van der Waals surface area contributed by atoms with Crippen LogP contribution in [-0.4, -0.2) is 14.8 Å². The molecule has 1 aliphatic rings. The molecule has 0 aliphatic heterocycles. The van der Waals surface area contributed by atoms with Gasteiger partial charge in [-0.05, 0) is 31.7 Å². The maximum Gasteiger partial charge on any atom is 0.133 e. The first kappa shape index (κ1) is 12.4. The number of aryl methyl sites for hydroxylation is 2. The summed E-state index contributed by atoms with van der Waals surface area (Å²) in [6, 6.07) is 11.0. The van der Waals surface area contributed by atoms with E-state index in [1.54, 1.807) is 0 Å². The molecule has 4 heteroatoms. The molecule has 0 saturated heterocycles. The average molecular weight is 256 g/mol. The minimum absolute atomic E-state index is 0.0749.